The van der Waals surface area contributed by atoms with Crippen molar-refractivity contribution in [1.29, 1.82) is 0 Å². The van der Waals surface area contributed by atoms with Crippen molar-refractivity contribution < 1.29 is 9.53 Å². The molecule has 0 bridgehead atoms. The van der Waals surface area contributed by atoms with Crippen LogP contribution in [0.5, 0.6) is 0 Å². The van der Waals surface area contributed by atoms with Crippen LogP contribution in [0.15, 0.2) is 24.3 Å². The lowest BCUT2D eigenvalue weighted by atomic mass is 9.92. The van der Waals surface area contributed by atoms with Gasteiger partial charge in [0.1, 0.15) is 6.10 Å². The van der Waals surface area contributed by atoms with Gasteiger partial charge in [0.25, 0.3) is 0 Å². The second-order valence-electron chi connectivity index (χ2n) is 4.29. The van der Waals surface area contributed by atoms with Crippen molar-refractivity contribution in [1.82, 2.24) is 5.32 Å². The molecule has 1 heterocycles. The molecule has 1 saturated heterocycles. The number of ether oxygens (including phenoxy) is 1. The summed E-state index contributed by atoms with van der Waals surface area (Å²) in [7, 11) is 0. The normalized spacial score (nSPS) is 24.8. The first kappa shape index (κ1) is 11.0. The van der Waals surface area contributed by atoms with Crippen molar-refractivity contribution >= 4 is 6.09 Å². The summed E-state index contributed by atoms with van der Waals surface area (Å²) in [5, 5.41) is 2.73. The summed E-state index contributed by atoms with van der Waals surface area (Å²) in [6, 6.07) is 8.19. The van der Waals surface area contributed by atoms with E-state index in [1.54, 1.807) is 0 Å². The minimum Gasteiger partial charge on any atom is -0.441 e. The molecule has 0 spiro atoms. The Morgan fingerprint density at radius 2 is 2.06 bits per heavy atom. The quantitative estimate of drug-likeness (QED) is 0.830. The molecule has 0 aliphatic carbocycles. The number of alkyl carbamates (subject to hydrolysis) is 1. The molecule has 86 valence electrons. The highest BCUT2D eigenvalue weighted by Gasteiger charge is 2.30. The Morgan fingerprint density at radius 3 is 2.69 bits per heavy atom. The maximum atomic E-state index is 11.2. The Kier molecular flexibility index (Phi) is 3.13. The molecule has 0 unspecified atom stereocenters. The third-order valence-electron chi connectivity index (χ3n) is 3.10. The lowest BCUT2D eigenvalue weighted by Gasteiger charge is -2.31. The van der Waals surface area contributed by atoms with E-state index in [1.807, 2.05) is 12.1 Å². The zero-order valence-corrected chi connectivity index (χ0v) is 9.69. The average Bonchev–Trinajstić information content (AvgIpc) is 2.30. The largest absolute Gasteiger partial charge is 0.441 e. The van der Waals surface area contributed by atoms with Crippen LogP contribution in [0, 0.1) is 12.8 Å². The van der Waals surface area contributed by atoms with Gasteiger partial charge < -0.3 is 10.1 Å². The molecule has 1 fully saturated rings. The van der Waals surface area contributed by atoms with Crippen LogP contribution < -0.4 is 5.32 Å². The van der Waals surface area contributed by atoms with Crippen LogP contribution in [-0.4, -0.2) is 12.6 Å². The number of cyclic esters (lactones) is 1. The third kappa shape index (κ3) is 2.18. The van der Waals surface area contributed by atoms with Crippen LogP contribution in [0.1, 0.15) is 30.6 Å². The SMILES string of the molecule is CC[C@@H]1CNC(=O)O[C@H]1c1ccc(C)cc1. The molecule has 0 radical (unpaired) electrons. The van der Waals surface area contributed by atoms with Crippen LogP contribution in [0.25, 0.3) is 0 Å². The first-order valence-corrected chi connectivity index (χ1v) is 5.71. The van der Waals surface area contributed by atoms with Gasteiger partial charge in [-0.3, -0.25) is 0 Å². The van der Waals surface area contributed by atoms with Gasteiger partial charge in [0.05, 0.1) is 0 Å². The van der Waals surface area contributed by atoms with Crippen LogP contribution >= 0.6 is 0 Å². The lowest BCUT2D eigenvalue weighted by Crippen LogP contribution is -2.40. The maximum Gasteiger partial charge on any atom is 0.407 e. The van der Waals surface area contributed by atoms with Gasteiger partial charge in [0.15, 0.2) is 0 Å². The summed E-state index contributed by atoms with van der Waals surface area (Å²) in [6.07, 6.45) is 0.591. The molecule has 16 heavy (non-hydrogen) atoms. The Balaban J connectivity index is 2.22. The fourth-order valence-corrected chi connectivity index (χ4v) is 2.03. The van der Waals surface area contributed by atoms with Crippen molar-refractivity contribution in [3.63, 3.8) is 0 Å². The number of rotatable bonds is 2. The molecule has 1 amide bonds. The van der Waals surface area contributed by atoms with Crippen LogP contribution in [-0.2, 0) is 4.74 Å². The topological polar surface area (TPSA) is 38.3 Å². The Hall–Kier alpha value is -1.51. The second-order valence-corrected chi connectivity index (χ2v) is 4.29. The Bertz CT molecular complexity index is 372. The van der Waals surface area contributed by atoms with Crippen molar-refractivity contribution in [3.8, 4) is 0 Å². The molecule has 2 rings (SSSR count). The molecule has 2 atom stereocenters. The smallest absolute Gasteiger partial charge is 0.407 e. The Morgan fingerprint density at radius 1 is 1.38 bits per heavy atom. The molecule has 1 aliphatic rings. The zero-order chi connectivity index (χ0) is 11.5. The van der Waals surface area contributed by atoms with E-state index in [0.29, 0.717) is 12.5 Å². The highest BCUT2D eigenvalue weighted by molar-refractivity contribution is 5.68. The highest BCUT2D eigenvalue weighted by Crippen LogP contribution is 2.30. The average molecular weight is 219 g/mol. The molecule has 1 N–H and O–H groups in total. The molecular formula is C13H17NO2. The summed E-state index contributed by atoms with van der Waals surface area (Å²) >= 11 is 0. The van der Waals surface area contributed by atoms with Gasteiger partial charge in [0, 0.05) is 12.5 Å². The number of aryl methyl sites for hydroxylation is 1. The predicted molar refractivity (Wildman–Crippen MR) is 62.2 cm³/mol. The van der Waals surface area contributed by atoms with E-state index in [1.165, 1.54) is 5.56 Å². The molecule has 3 nitrogen and oxygen atoms in total. The van der Waals surface area contributed by atoms with Crippen molar-refractivity contribution in [2.45, 2.75) is 26.4 Å². The van der Waals surface area contributed by atoms with E-state index < -0.39 is 0 Å². The number of carbonyl (C=O) groups excluding carboxylic acids is 1. The van der Waals surface area contributed by atoms with E-state index in [4.69, 9.17) is 4.74 Å². The van der Waals surface area contributed by atoms with Crippen LogP contribution in [0.3, 0.4) is 0 Å². The standard InChI is InChI=1S/C13H17NO2/c1-3-10-8-14-13(15)16-12(10)11-6-4-9(2)5-7-11/h4-7,10,12H,3,8H2,1-2H3,(H,14,15)/t10-,12-/m1/s1. The summed E-state index contributed by atoms with van der Waals surface area (Å²) < 4.78 is 5.37. The van der Waals surface area contributed by atoms with Crippen molar-refractivity contribution in [2.75, 3.05) is 6.54 Å². The summed E-state index contributed by atoms with van der Waals surface area (Å²) in [4.78, 5) is 11.2. The molecule has 1 aliphatic heterocycles. The highest BCUT2D eigenvalue weighted by atomic mass is 16.6. The number of benzene rings is 1. The summed E-state index contributed by atoms with van der Waals surface area (Å²) in [5.74, 6) is 0.361. The minimum atomic E-state index is -0.310. The zero-order valence-electron chi connectivity index (χ0n) is 9.69. The van der Waals surface area contributed by atoms with Gasteiger partial charge in [-0.05, 0) is 18.9 Å². The van der Waals surface area contributed by atoms with Crippen LogP contribution in [0.2, 0.25) is 0 Å². The van der Waals surface area contributed by atoms with E-state index in [9.17, 15) is 4.79 Å². The molecule has 3 heteroatoms. The minimum absolute atomic E-state index is 0.0978. The number of amides is 1. The van der Waals surface area contributed by atoms with E-state index in [2.05, 4.69) is 31.3 Å². The number of carbonyl (C=O) groups is 1. The number of hydrogen-bond donors (Lipinski definition) is 1. The van der Waals surface area contributed by atoms with Crippen molar-refractivity contribution in [2.24, 2.45) is 5.92 Å². The van der Waals surface area contributed by atoms with Gasteiger partial charge in [-0.2, -0.15) is 0 Å². The third-order valence-corrected chi connectivity index (χ3v) is 3.10. The monoisotopic (exact) mass is 219 g/mol. The van der Waals surface area contributed by atoms with Gasteiger partial charge in [-0.1, -0.05) is 36.8 Å². The van der Waals surface area contributed by atoms with Gasteiger partial charge in [0.2, 0.25) is 0 Å². The van der Waals surface area contributed by atoms with Gasteiger partial charge in [-0.15, -0.1) is 0 Å². The van der Waals surface area contributed by atoms with Crippen molar-refractivity contribution in [3.05, 3.63) is 35.4 Å². The fraction of sp³-hybridized carbons (Fsp3) is 0.462. The lowest BCUT2D eigenvalue weighted by molar-refractivity contribution is 0.0347. The predicted octanol–water partition coefficient (Wildman–Crippen LogP) is 2.80. The van der Waals surface area contributed by atoms with Crippen LogP contribution in [0.4, 0.5) is 4.79 Å². The van der Waals surface area contributed by atoms with E-state index in [0.717, 1.165) is 12.0 Å². The summed E-state index contributed by atoms with van der Waals surface area (Å²) in [5.41, 5.74) is 2.31. The van der Waals surface area contributed by atoms with E-state index in [-0.39, 0.29) is 12.2 Å². The molecule has 0 aromatic heterocycles. The molecular weight excluding hydrogens is 202 g/mol. The van der Waals surface area contributed by atoms with E-state index >= 15 is 0 Å². The molecule has 1 aromatic rings. The second kappa shape index (κ2) is 4.56. The Labute approximate surface area is 95.8 Å². The number of nitrogens with one attached hydrogen (secondary N) is 1. The summed E-state index contributed by atoms with van der Waals surface area (Å²) in [6.45, 7) is 4.87. The van der Waals surface area contributed by atoms with Gasteiger partial charge >= 0.3 is 6.09 Å². The number of hydrogen-bond acceptors (Lipinski definition) is 2. The molecule has 1 aromatic carbocycles. The first-order chi connectivity index (χ1) is 7.70. The fourth-order valence-electron chi connectivity index (χ4n) is 2.03. The molecule has 0 saturated carbocycles. The van der Waals surface area contributed by atoms with Gasteiger partial charge in [-0.25, -0.2) is 4.79 Å². The maximum absolute atomic E-state index is 11.2. The first-order valence-electron chi connectivity index (χ1n) is 5.71.